The van der Waals surface area contributed by atoms with E-state index in [9.17, 15) is 0 Å². The molecule has 2 atom stereocenters. The van der Waals surface area contributed by atoms with Gasteiger partial charge in [-0.2, -0.15) is 0 Å². The number of piperazine rings is 1. The number of nitrogens with zero attached hydrogens (tertiary/aromatic N) is 3. The minimum atomic E-state index is 0.318. The fourth-order valence-corrected chi connectivity index (χ4v) is 4.00. The third kappa shape index (κ3) is 4.11. The molecule has 0 aromatic carbocycles. The molecule has 0 amide bonds. The summed E-state index contributed by atoms with van der Waals surface area (Å²) in [5, 5.41) is 0. The van der Waals surface area contributed by atoms with E-state index in [1.165, 1.54) is 0 Å². The van der Waals surface area contributed by atoms with Gasteiger partial charge in [-0.15, -0.1) is 0 Å². The van der Waals surface area contributed by atoms with E-state index < -0.39 is 0 Å². The molecule has 25 heavy (non-hydrogen) atoms. The van der Waals surface area contributed by atoms with Gasteiger partial charge < -0.3 is 9.15 Å². The third-order valence-electron chi connectivity index (χ3n) is 5.25. The fraction of sp³-hybridized carbons (Fsp3) is 0.550. The molecular formula is C20H27N3O2. The van der Waals surface area contributed by atoms with Crippen molar-refractivity contribution < 1.29 is 9.15 Å². The molecule has 0 bridgehead atoms. The molecule has 2 aliphatic rings. The summed E-state index contributed by atoms with van der Waals surface area (Å²) in [7, 11) is 0. The first-order chi connectivity index (χ1) is 12.2. The molecule has 5 heteroatoms. The highest BCUT2D eigenvalue weighted by Gasteiger charge is 2.36. The van der Waals surface area contributed by atoms with Crippen LogP contribution in [0.2, 0.25) is 0 Å². The normalized spacial score (nSPS) is 24.6. The van der Waals surface area contributed by atoms with Gasteiger partial charge in [0, 0.05) is 37.9 Å². The first-order valence-electron chi connectivity index (χ1n) is 9.21. The van der Waals surface area contributed by atoms with Crippen molar-refractivity contribution in [1.29, 1.82) is 0 Å². The number of fused-ring (bicyclic) bond motifs is 1. The standard InChI is InChI=1S/C20H27N3O2/c1-15-4-3-5-17(21-15)14-24-20-10-18-11-22(8-9-23(18)13-20)12-19-7-6-16(2)25-19/h3-7,18,20H,8-14H2,1-2H3/t18-,20+/m0/s1. The molecule has 134 valence electrons. The van der Waals surface area contributed by atoms with Crippen LogP contribution in [0.15, 0.2) is 34.7 Å². The summed E-state index contributed by atoms with van der Waals surface area (Å²) in [6.07, 6.45) is 1.43. The highest BCUT2D eigenvalue weighted by atomic mass is 16.5. The molecule has 0 N–H and O–H groups in total. The molecule has 4 rings (SSSR count). The predicted molar refractivity (Wildman–Crippen MR) is 96.3 cm³/mol. The molecule has 5 nitrogen and oxygen atoms in total. The highest BCUT2D eigenvalue weighted by molar-refractivity contribution is 5.09. The molecule has 0 unspecified atom stereocenters. The molecule has 0 radical (unpaired) electrons. The number of hydrogen-bond donors (Lipinski definition) is 0. The molecule has 0 saturated carbocycles. The van der Waals surface area contributed by atoms with Crippen molar-refractivity contribution >= 4 is 0 Å². The zero-order valence-corrected chi connectivity index (χ0v) is 15.1. The Hall–Kier alpha value is -1.69. The van der Waals surface area contributed by atoms with E-state index in [2.05, 4.69) is 20.9 Å². The zero-order chi connectivity index (χ0) is 17.2. The van der Waals surface area contributed by atoms with Gasteiger partial charge in [-0.1, -0.05) is 6.07 Å². The Labute approximate surface area is 149 Å². The van der Waals surface area contributed by atoms with Crippen LogP contribution >= 0.6 is 0 Å². The Kier molecular flexibility index (Phi) is 4.88. The van der Waals surface area contributed by atoms with Crippen LogP contribution in [0.4, 0.5) is 0 Å². The average molecular weight is 341 g/mol. The van der Waals surface area contributed by atoms with Gasteiger partial charge in [0.2, 0.25) is 0 Å². The van der Waals surface area contributed by atoms with Gasteiger partial charge in [0.15, 0.2) is 0 Å². The Morgan fingerprint density at radius 3 is 2.88 bits per heavy atom. The van der Waals surface area contributed by atoms with Crippen LogP contribution in [0.3, 0.4) is 0 Å². The molecular weight excluding hydrogens is 314 g/mol. The Balaban J connectivity index is 1.28. The van der Waals surface area contributed by atoms with Gasteiger partial charge in [-0.25, -0.2) is 0 Å². The summed E-state index contributed by atoms with van der Waals surface area (Å²) in [6.45, 7) is 9.92. The maximum atomic E-state index is 6.15. The van der Waals surface area contributed by atoms with Crippen molar-refractivity contribution in [2.24, 2.45) is 0 Å². The predicted octanol–water partition coefficient (Wildman–Crippen LogP) is 2.77. The SMILES string of the molecule is Cc1cccc(CO[C@@H]2C[C@H]3CN(Cc4ccc(C)o4)CCN3C2)n1. The van der Waals surface area contributed by atoms with Crippen molar-refractivity contribution in [1.82, 2.24) is 14.8 Å². The van der Waals surface area contributed by atoms with E-state index in [4.69, 9.17) is 9.15 Å². The maximum Gasteiger partial charge on any atom is 0.118 e. The quantitative estimate of drug-likeness (QED) is 0.836. The van der Waals surface area contributed by atoms with E-state index in [1.54, 1.807) is 0 Å². The lowest BCUT2D eigenvalue weighted by Crippen LogP contribution is -2.49. The van der Waals surface area contributed by atoms with Crippen LogP contribution in [0.5, 0.6) is 0 Å². The van der Waals surface area contributed by atoms with Crippen LogP contribution in [0.1, 0.15) is 29.3 Å². The Bertz CT molecular complexity index is 714. The summed E-state index contributed by atoms with van der Waals surface area (Å²) >= 11 is 0. The molecule has 4 heterocycles. The second kappa shape index (κ2) is 7.28. The lowest BCUT2D eigenvalue weighted by Gasteiger charge is -2.36. The second-order valence-electron chi connectivity index (χ2n) is 7.34. The van der Waals surface area contributed by atoms with Crippen molar-refractivity contribution in [2.45, 2.75) is 45.6 Å². The number of furan rings is 1. The van der Waals surface area contributed by atoms with Gasteiger partial charge in [0.25, 0.3) is 0 Å². The van der Waals surface area contributed by atoms with E-state index in [0.29, 0.717) is 18.8 Å². The molecule has 2 saturated heterocycles. The Morgan fingerprint density at radius 1 is 1.16 bits per heavy atom. The molecule has 2 aromatic rings. The number of aromatic nitrogens is 1. The second-order valence-corrected chi connectivity index (χ2v) is 7.34. The smallest absolute Gasteiger partial charge is 0.118 e. The van der Waals surface area contributed by atoms with E-state index in [1.807, 2.05) is 38.1 Å². The van der Waals surface area contributed by atoms with Crippen LogP contribution in [-0.2, 0) is 17.9 Å². The van der Waals surface area contributed by atoms with Crippen molar-refractivity contribution in [2.75, 3.05) is 26.2 Å². The summed E-state index contributed by atoms with van der Waals surface area (Å²) in [4.78, 5) is 9.61. The van der Waals surface area contributed by atoms with Gasteiger partial charge in [0.1, 0.15) is 11.5 Å². The molecule has 2 aliphatic heterocycles. The number of pyridine rings is 1. The summed E-state index contributed by atoms with van der Waals surface area (Å²) < 4.78 is 11.9. The maximum absolute atomic E-state index is 6.15. The lowest BCUT2D eigenvalue weighted by molar-refractivity contribution is 0.0438. The monoisotopic (exact) mass is 341 g/mol. The van der Waals surface area contributed by atoms with Crippen molar-refractivity contribution in [3.63, 3.8) is 0 Å². The average Bonchev–Trinajstić information content (AvgIpc) is 3.18. The van der Waals surface area contributed by atoms with E-state index in [-0.39, 0.29) is 0 Å². The van der Waals surface area contributed by atoms with Crippen LogP contribution in [0, 0.1) is 13.8 Å². The topological polar surface area (TPSA) is 41.7 Å². The molecule has 0 aliphatic carbocycles. The first kappa shape index (κ1) is 16.8. The fourth-order valence-electron chi connectivity index (χ4n) is 4.00. The summed E-state index contributed by atoms with van der Waals surface area (Å²) in [5.74, 6) is 2.06. The van der Waals surface area contributed by atoms with Gasteiger partial charge in [-0.05, 0) is 44.5 Å². The zero-order valence-electron chi connectivity index (χ0n) is 15.1. The summed E-state index contributed by atoms with van der Waals surface area (Å²) in [5.41, 5.74) is 2.08. The van der Waals surface area contributed by atoms with E-state index >= 15 is 0 Å². The number of aryl methyl sites for hydroxylation is 2. The van der Waals surface area contributed by atoms with Crippen molar-refractivity contribution in [3.8, 4) is 0 Å². The molecule has 0 spiro atoms. The minimum absolute atomic E-state index is 0.318. The first-order valence-corrected chi connectivity index (χ1v) is 9.21. The Morgan fingerprint density at radius 2 is 2.08 bits per heavy atom. The van der Waals surface area contributed by atoms with Gasteiger partial charge >= 0.3 is 0 Å². The number of rotatable bonds is 5. The largest absolute Gasteiger partial charge is 0.465 e. The van der Waals surface area contributed by atoms with Crippen LogP contribution < -0.4 is 0 Å². The molecule has 2 fully saturated rings. The van der Waals surface area contributed by atoms with E-state index in [0.717, 1.165) is 62.1 Å². The molecule has 2 aromatic heterocycles. The van der Waals surface area contributed by atoms with Gasteiger partial charge in [0.05, 0.1) is 24.9 Å². The van der Waals surface area contributed by atoms with Crippen LogP contribution in [-0.4, -0.2) is 53.1 Å². The third-order valence-corrected chi connectivity index (χ3v) is 5.25. The number of ether oxygens (including phenoxy) is 1. The van der Waals surface area contributed by atoms with Crippen molar-refractivity contribution in [3.05, 3.63) is 53.2 Å². The minimum Gasteiger partial charge on any atom is -0.465 e. The summed E-state index contributed by atoms with van der Waals surface area (Å²) in [6, 6.07) is 10.9. The highest BCUT2D eigenvalue weighted by Crippen LogP contribution is 2.25. The number of hydrogen-bond acceptors (Lipinski definition) is 5. The van der Waals surface area contributed by atoms with Crippen LogP contribution in [0.25, 0.3) is 0 Å². The van der Waals surface area contributed by atoms with Gasteiger partial charge in [-0.3, -0.25) is 14.8 Å². The lowest BCUT2D eigenvalue weighted by atomic mass is 10.1.